The smallest absolute Gasteiger partial charge is 0.325 e. The molecule has 0 aliphatic heterocycles. The Morgan fingerprint density at radius 3 is 2.31 bits per heavy atom. The largest absolute Gasteiger partial charge is 0.465 e. The van der Waals surface area contributed by atoms with Gasteiger partial charge in [0.15, 0.2) is 0 Å². The van der Waals surface area contributed by atoms with Crippen molar-refractivity contribution in [3.8, 4) is 0 Å². The van der Waals surface area contributed by atoms with Gasteiger partial charge in [-0.1, -0.05) is 0 Å². The number of carbonyl (C=O) groups is 3. The molecule has 13 heavy (non-hydrogen) atoms. The minimum atomic E-state index is -1.09. The van der Waals surface area contributed by atoms with Crippen molar-refractivity contribution in [2.75, 3.05) is 20.2 Å². The van der Waals surface area contributed by atoms with Crippen LogP contribution in [-0.2, 0) is 19.1 Å². The van der Waals surface area contributed by atoms with E-state index in [0.717, 1.165) is 4.90 Å². The van der Waals surface area contributed by atoms with Gasteiger partial charge in [-0.15, -0.1) is 0 Å². The van der Waals surface area contributed by atoms with E-state index in [1.54, 1.807) is 6.92 Å². The summed E-state index contributed by atoms with van der Waals surface area (Å²) in [5.41, 5.74) is 4.70. The summed E-state index contributed by atoms with van der Waals surface area (Å²) in [7, 11) is 1.30. The Balaban J connectivity index is 4.00. The highest BCUT2D eigenvalue weighted by Gasteiger charge is 2.17. The number of likely N-dealkylation sites (N-methyl/N-ethyl adjacent to an activating group) is 1. The Morgan fingerprint density at radius 1 is 1.38 bits per heavy atom. The number of ether oxygens (including phenoxy) is 1. The molecule has 0 aromatic heterocycles. The van der Waals surface area contributed by atoms with Crippen molar-refractivity contribution >= 4 is 17.8 Å². The molecule has 0 aliphatic rings. The Kier molecular flexibility index (Phi) is 4.50. The molecule has 0 heterocycles. The van der Waals surface area contributed by atoms with Crippen LogP contribution in [0.25, 0.3) is 0 Å². The van der Waals surface area contributed by atoms with E-state index in [2.05, 4.69) is 4.74 Å². The van der Waals surface area contributed by atoms with Crippen molar-refractivity contribution in [2.24, 2.45) is 5.73 Å². The van der Waals surface area contributed by atoms with Crippen molar-refractivity contribution in [2.45, 2.75) is 6.92 Å². The van der Waals surface area contributed by atoms with Crippen LogP contribution in [0.1, 0.15) is 6.92 Å². The Bertz CT molecular complexity index is 227. The molecule has 6 heteroatoms. The summed E-state index contributed by atoms with van der Waals surface area (Å²) in [4.78, 5) is 32.9. The molecule has 0 aromatic rings. The Labute approximate surface area is 75.6 Å². The van der Waals surface area contributed by atoms with Crippen molar-refractivity contribution in [1.29, 1.82) is 0 Å². The maximum atomic E-state index is 10.8. The third-order valence-corrected chi connectivity index (χ3v) is 1.23. The van der Waals surface area contributed by atoms with Crippen LogP contribution in [0.3, 0.4) is 0 Å². The van der Waals surface area contributed by atoms with Crippen molar-refractivity contribution in [3.63, 3.8) is 0 Å². The topological polar surface area (TPSA) is 89.7 Å². The number of carbonyl (C=O) groups excluding carboxylic acids is 3. The predicted octanol–water partition coefficient (Wildman–Crippen LogP) is -1.51. The molecule has 0 aliphatic carbocycles. The number of esters is 1. The summed E-state index contributed by atoms with van der Waals surface area (Å²) >= 11 is 0. The lowest BCUT2D eigenvalue weighted by Crippen LogP contribution is -2.40. The fourth-order valence-electron chi connectivity index (χ4n) is 0.660. The molecule has 0 saturated carbocycles. The van der Waals surface area contributed by atoms with Gasteiger partial charge in [0.25, 0.3) is 0 Å². The quantitative estimate of drug-likeness (QED) is 0.431. The highest BCUT2D eigenvalue weighted by atomic mass is 16.5. The van der Waals surface area contributed by atoms with Crippen molar-refractivity contribution in [3.05, 3.63) is 0 Å². The highest BCUT2D eigenvalue weighted by Crippen LogP contribution is 1.86. The number of hydrogen-bond acceptors (Lipinski definition) is 4. The second-order valence-electron chi connectivity index (χ2n) is 2.33. The van der Waals surface area contributed by atoms with Crippen LogP contribution in [0, 0.1) is 0 Å². The van der Waals surface area contributed by atoms with E-state index in [-0.39, 0.29) is 13.2 Å². The van der Waals surface area contributed by atoms with Crippen LogP contribution in [0.15, 0.2) is 0 Å². The molecule has 6 nitrogen and oxygen atoms in total. The molecule has 0 saturated heterocycles. The molecule has 2 amide bonds. The lowest BCUT2D eigenvalue weighted by atomic mass is 10.5. The lowest BCUT2D eigenvalue weighted by molar-refractivity contribution is -0.150. The highest BCUT2D eigenvalue weighted by molar-refractivity contribution is 6.34. The zero-order valence-corrected chi connectivity index (χ0v) is 7.57. The van der Waals surface area contributed by atoms with Gasteiger partial charge in [0.05, 0.1) is 6.61 Å². The van der Waals surface area contributed by atoms with Crippen LogP contribution in [0.4, 0.5) is 0 Å². The minimum Gasteiger partial charge on any atom is -0.465 e. The van der Waals surface area contributed by atoms with Gasteiger partial charge in [-0.3, -0.25) is 14.4 Å². The van der Waals surface area contributed by atoms with Gasteiger partial charge in [-0.2, -0.15) is 0 Å². The molecule has 0 bridgehead atoms. The molecular formula is C7H12N2O4. The number of nitrogens with two attached hydrogens (primary N) is 1. The van der Waals surface area contributed by atoms with Crippen LogP contribution < -0.4 is 5.73 Å². The number of rotatable bonds is 3. The fourth-order valence-corrected chi connectivity index (χ4v) is 0.660. The van der Waals surface area contributed by atoms with E-state index in [9.17, 15) is 14.4 Å². The van der Waals surface area contributed by atoms with Crippen LogP contribution in [-0.4, -0.2) is 42.9 Å². The van der Waals surface area contributed by atoms with Gasteiger partial charge in [-0.25, -0.2) is 0 Å². The molecule has 74 valence electrons. The first-order valence-electron chi connectivity index (χ1n) is 3.69. The third-order valence-electron chi connectivity index (χ3n) is 1.23. The summed E-state index contributed by atoms with van der Waals surface area (Å²) in [5, 5.41) is 0. The van der Waals surface area contributed by atoms with Crippen molar-refractivity contribution < 1.29 is 19.1 Å². The monoisotopic (exact) mass is 188 g/mol. The Morgan fingerprint density at radius 2 is 1.92 bits per heavy atom. The average Bonchev–Trinajstić information content (AvgIpc) is 2.03. The average molecular weight is 188 g/mol. The van der Waals surface area contributed by atoms with E-state index >= 15 is 0 Å². The first-order chi connectivity index (χ1) is 5.99. The van der Waals surface area contributed by atoms with Crippen LogP contribution in [0.5, 0.6) is 0 Å². The van der Waals surface area contributed by atoms with E-state index in [4.69, 9.17) is 5.73 Å². The van der Waals surface area contributed by atoms with Gasteiger partial charge in [-0.05, 0) is 6.92 Å². The molecule has 0 atom stereocenters. The first kappa shape index (κ1) is 11.4. The maximum absolute atomic E-state index is 10.8. The van der Waals surface area contributed by atoms with Gasteiger partial charge in [0.2, 0.25) is 0 Å². The predicted molar refractivity (Wildman–Crippen MR) is 43.5 cm³/mol. The summed E-state index contributed by atoms with van der Waals surface area (Å²) < 4.78 is 4.56. The second-order valence-corrected chi connectivity index (χ2v) is 2.33. The van der Waals surface area contributed by atoms with Gasteiger partial charge >= 0.3 is 17.8 Å². The van der Waals surface area contributed by atoms with E-state index in [1.807, 2.05) is 0 Å². The summed E-state index contributed by atoms with van der Waals surface area (Å²) in [5.74, 6) is -2.57. The zero-order chi connectivity index (χ0) is 10.4. The molecule has 0 unspecified atom stereocenters. The van der Waals surface area contributed by atoms with E-state index in [0.29, 0.717) is 0 Å². The fraction of sp³-hybridized carbons (Fsp3) is 0.571. The van der Waals surface area contributed by atoms with Gasteiger partial charge < -0.3 is 15.4 Å². The molecule has 0 aromatic carbocycles. The molecule has 0 spiro atoms. The number of hydrogen-bond donors (Lipinski definition) is 1. The summed E-state index contributed by atoms with van der Waals surface area (Å²) in [6, 6.07) is 0. The molecule has 0 fully saturated rings. The molecular weight excluding hydrogens is 176 g/mol. The van der Waals surface area contributed by atoms with Gasteiger partial charge in [0.1, 0.15) is 6.54 Å². The van der Waals surface area contributed by atoms with Gasteiger partial charge in [0, 0.05) is 7.05 Å². The molecule has 0 rings (SSSR count). The van der Waals surface area contributed by atoms with Crippen LogP contribution in [0.2, 0.25) is 0 Å². The summed E-state index contributed by atoms with van der Waals surface area (Å²) in [6.07, 6.45) is 0. The maximum Gasteiger partial charge on any atom is 0.325 e. The van der Waals surface area contributed by atoms with Crippen molar-refractivity contribution in [1.82, 2.24) is 4.90 Å². The molecule has 2 N–H and O–H groups in total. The SMILES string of the molecule is CCOC(=O)CN(C)C(=O)C(N)=O. The number of nitrogens with zero attached hydrogens (tertiary/aromatic N) is 1. The number of primary amides is 1. The lowest BCUT2D eigenvalue weighted by Gasteiger charge is -2.13. The van der Waals surface area contributed by atoms with Crippen LogP contribution >= 0.6 is 0 Å². The van der Waals surface area contributed by atoms with E-state index in [1.165, 1.54) is 7.05 Å². The standard InChI is InChI=1S/C7H12N2O4/c1-3-13-5(10)4-9(2)7(12)6(8)11/h3-4H2,1-2H3,(H2,8,11). The summed E-state index contributed by atoms with van der Waals surface area (Å²) in [6.45, 7) is 1.61. The number of amides is 2. The normalized spacial score (nSPS) is 9.08. The van der Waals surface area contributed by atoms with E-state index < -0.39 is 17.8 Å². The second kappa shape index (κ2) is 5.13. The Hall–Kier alpha value is -1.59. The first-order valence-corrected chi connectivity index (χ1v) is 3.69. The minimum absolute atomic E-state index is 0.234. The molecule has 0 radical (unpaired) electrons. The zero-order valence-electron chi connectivity index (χ0n) is 7.57. The third kappa shape index (κ3) is 4.09.